The van der Waals surface area contributed by atoms with Gasteiger partial charge in [0.15, 0.2) is 12.4 Å². The van der Waals surface area contributed by atoms with Crippen molar-refractivity contribution in [3.63, 3.8) is 0 Å². The first-order valence-electron chi connectivity index (χ1n) is 9.50. The summed E-state index contributed by atoms with van der Waals surface area (Å²) in [6, 6.07) is 6.52. The van der Waals surface area contributed by atoms with E-state index in [1.807, 2.05) is 6.07 Å². The van der Waals surface area contributed by atoms with Crippen molar-refractivity contribution in [2.45, 2.75) is 37.9 Å². The van der Waals surface area contributed by atoms with Crippen molar-refractivity contribution < 1.29 is 30.8 Å². The molecule has 1 aliphatic rings. The van der Waals surface area contributed by atoms with Gasteiger partial charge in [0.25, 0.3) is 0 Å². The Morgan fingerprint density at radius 1 is 1.17 bits per heavy atom. The number of aromatic nitrogens is 1. The fourth-order valence-electron chi connectivity index (χ4n) is 3.47. The largest absolute Gasteiger partial charge is 0.484 e. The van der Waals surface area contributed by atoms with Crippen LogP contribution in [0, 0.1) is 13.8 Å². The van der Waals surface area contributed by atoms with Crippen molar-refractivity contribution in [1.82, 2.24) is 14.4 Å². The lowest BCUT2D eigenvalue weighted by molar-refractivity contribution is -0.153. The first kappa shape index (κ1) is 22.6. The van der Waals surface area contributed by atoms with Crippen LogP contribution >= 0.6 is 0 Å². The first-order valence-corrected chi connectivity index (χ1v) is 10.9. The molecule has 0 bridgehead atoms. The highest BCUT2D eigenvalue weighted by atomic mass is 32.2. The van der Waals surface area contributed by atoms with E-state index in [2.05, 4.69) is 10.1 Å². The van der Waals surface area contributed by atoms with Crippen LogP contribution in [0.5, 0.6) is 5.75 Å². The van der Waals surface area contributed by atoms with Gasteiger partial charge >= 0.3 is 6.18 Å². The van der Waals surface area contributed by atoms with E-state index in [0.29, 0.717) is 44.8 Å². The number of alkyl halides is 3. The second kappa shape index (κ2) is 8.94. The number of nitrogens with zero attached hydrogens (tertiary/aromatic N) is 3. The van der Waals surface area contributed by atoms with Gasteiger partial charge in [-0.05, 0) is 44.5 Å². The minimum absolute atomic E-state index is 0.116. The molecule has 0 spiro atoms. The van der Waals surface area contributed by atoms with Crippen molar-refractivity contribution in [2.24, 2.45) is 0 Å². The van der Waals surface area contributed by atoms with Crippen LogP contribution < -0.4 is 4.74 Å². The highest BCUT2D eigenvalue weighted by Gasteiger charge is 2.32. The van der Waals surface area contributed by atoms with Crippen molar-refractivity contribution in [1.29, 1.82) is 0 Å². The molecule has 11 heteroatoms. The average Bonchev–Trinajstić information content (AvgIpc) is 2.86. The lowest BCUT2D eigenvalue weighted by Gasteiger charge is -2.22. The topological polar surface area (TPSA) is 75.9 Å². The van der Waals surface area contributed by atoms with E-state index >= 15 is 0 Å². The van der Waals surface area contributed by atoms with E-state index in [4.69, 9.17) is 9.26 Å². The van der Waals surface area contributed by atoms with Gasteiger partial charge < -0.3 is 9.26 Å². The molecule has 0 unspecified atom stereocenters. The summed E-state index contributed by atoms with van der Waals surface area (Å²) in [6.45, 7) is 4.16. The molecule has 30 heavy (non-hydrogen) atoms. The molecule has 1 saturated heterocycles. The predicted molar refractivity (Wildman–Crippen MR) is 103 cm³/mol. The molecule has 3 rings (SSSR count). The average molecular weight is 447 g/mol. The van der Waals surface area contributed by atoms with Crippen LogP contribution in [-0.4, -0.2) is 61.7 Å². The summed E-state index contributed by atoms with van der Waals surface area (Å²) in [5.74, 6) is 0.423. The molecule has 0 atom stereocenters. The van der Waals surface area contributed by atoms with Crippen LogP contribution in [0.4, 0.5) is 13.2 Å². The molecular weight excluding hydrogens is 423 g/mol. The zero-order valence-corrected chi connectivity index (χ0v) is 17.6. The Morgan fingerprint density at radius 2 is 1.93 bits per heavy atom. The Bertz CT molecular complexity index is 956. The summed E-state index contributed by atoms with van der Waals surface area (Å²) in [6.07, 6.45) is -3.76. The van der Waals surface area contributed by atoms with E-state index in [0.717, 1.165) is 5.56 Å². The van der Waals surface area contributed by atoms with Crippen LogP contribution in [-0.2, 0) is 16.6 Å². The molecule has 1 aliphatic heterocycles. The van der Waals surface area contributed by atoms with Gasteiger partial charge in [0.2, 0.25) is 10.0 Å². The Kier molecular flexibility index (Phi) is 6.73. The zero-order valence-electron chi connectivity index (χ0n) is 16.8. The van der Waals surface area contributed by atoms with Gasteiger partial charge in [-0.1, -0.05) is 17.3 Å². The SMILES string of the molecule is Cc1noc(C)c1S(=O)(=O)N1CCCN(Cc2cccc(OCC(F)(F)F)c2)CC1. The Labute approximate surface area is 173 Å². The zero-order chi connectivity index (χ0) is 21.9. The van der Waals surface area contributed by atoms with Gasteiger partial charge in [0.1, 0.15) is 16.3 Å². The number of rotatable bonds is 6. The maximum atomic E-state index is 13.0. The van der Waals surface area contributed by atoms with Crippen LogP contribution in [0.2, 0.25) is 0 Å². The van der Waals surface area contributed by atoms with Crippen molar-refractivity contribution in [2.75, 3.05) is 32.8 Å². The molecule has 2 heterocycles. The van der Waals surface area contributed by atoms with Gasteiger partial charge in [0, 0.05) is 26.2 Å². The Balaban J connectivity index is 1.63. The molecule has 0 amide bonds. The van der Waals surface area contributed by atoms with Gasteiger partial charge in [-0.3, -0.25) is 4.90 Å². The molecule has 1 aromatic heterocycles. The summed E-state index contributed by atoms with van der Waals surface area (Å²) < 4.78 is 74.3. The quantitative estimate of drug-likeness (QED) is 0.677. The third-order valence-electron chi connectivity index (χ3n) is 4.82. The molecular formula is C19H24F3N3O4S. The summed E-state index contributed by atoms with van der Waals surface area (Å²) in [4.78, 5) is 2.19. The maximum Gasteiger partial charge on any atom is 0.422 e. The lowest BCUT2D eigenvalue weighted by Crippen LogP contribution is -2.35. The van der Waals surface area contributed by atoms with Crippen molar-refractivity contribution in [3.05, 3.63) is 41.3 Å². The molecule has 0 saturated carbocycles. The number of benzene rings is 1. The molecule has 166 valence electrons. The Hall–Kier alpha value is -2.11. The van der Waals surface area contributed by atoms with E-state index in [9.17, 15) is 21.6 Å². The van der Waals surface area contributed by atoms with E-state index in [-0.39, 0.29) is 16.4 Å². The number of sulfonamides is 1. The summed E-state index contributed by atoms with van der Waals surface area (Å²) in [5.41, 5.74) is 1.14. The Morgan fingerprint density at radius 3 is 2.60 bits per heavy atom. The normalized spacial score (nSPS) is 17.1. The second-order valence-corrected chi connectivity index (χ2v) is 9.11. The van der Waals surface area contributed by atoms with Gasteiger partial charge in [-0.2, -0.15) is 17.5 Å². The van der Waals surface area contributed by atoms with Gasteiger partial charge in [0.05, 0.1) is 0 Å². The molecule has 2 aromatic rings. The summed E-state index contributed by atoms with van der Waals surface area (Å²) in [7, 11) is -3.70. The number of halogens is 3. The fraction of sp³-hybridized carbons (Fsp3) is 0.526. The summed E-state index contributed by atoms with van der Waals surface area (Å²) >= 11 is 0. The van der Waals surface area contributed by atoms with E-state index in [1.165, 1.54) is 10.4 Å². The number of ether oxygens (including phenoxy) is 1. The number of aryl methyl sites for hydroxylation is 2. The third-order valence-corrected chi connectivity index (χ3v) is 6.96. The minimum Gasteiger partial charge on any atom is -0.484 e. The maximum absolute atomic E-state index is 13.0. The monoisotopic (exact) mass is 447 g/mol. The first-order chi connectivity index (χ1) is 14.1. The van der Waals surface area contributed by atoms with Crippen molar-refractivity contribution in [3.8, 4) is 5.75 Å². The third kappa shape index (κ3) is 5.52. The smallest absolute Gasteiger partial charge is 0.422 e. The minimum atomic E-state index is -4.39. The molecule has 1 aromatic carbocycles. The molecule has 7 nitrogen and oxygen atoms in total. The predicted octanol–water partition coefficient (Wildman–Crippen LogP) is 3.13. The van der Waals surface area contributed by atoms with Crippen molar-refractivity contribution >= 4 is 10.0 Å². The fourth-order valence-corrected chi connectivity index (χ4v) is 5.24. The number of hydrogen-bond acceptors (Lipinski definition) is 6. The standard InChI is InChI=1S/C19H24F3N3O4S/c1-14-18(15(2)29-23-14)30(26,27)25-8-4-7-24(9-10-25)12-16-5-3-6-17(11-16)28-13-19(20,21)22/h3,5-6,11H,4,7-10,12-13H2,1-2H3. The highest BCUT2D eigenvalue weighted by Crippen LogP contribution is 2.25. The van der Waals surface area contributed by atoms with Gasteiger partial charge in [-0.25, -0.2) is 8.42 Å². The molecule has 0 N–H and O–H groups in total. The van der Waals surface area contributed by atoms with Gasteiger partial charge in [-0.15, -0.1) is 0 Å². The molecule has 0 radical (unpaired) electrons. The van der Waals surface area contributed by atoms with Crippen LogP contribution in [0.1, 0.15) is 23.4 Å². The number of hydrogen-bond donors (Lipinski definition) is 0. The van der Waals surface area contributed by atoms with E-state index in [1.54, 1.807) is 26.0 Å². The van der Waals surface area contributed by atoms with Crippen LogP contribution in [0.15, 0.2) is 33.7 Å². The van der Waals surface area contributed by atoms with E-state index < -0.39 is 22.8 Å². The molecule has 0 aliphatic carbocycles. The summed E-state index contributed by atoms with van der Waals surface area (Å²) in [5, 5.41) is 3.74. The lowest BCUT2D eigenvalue weighted by atomic mass is 10.2. The van der Waals surface area contributed by atoms with Crippen LogP contribution in [0.3, 0.4) is 0 Å². The van der Waals surface area contributed by atoms with Crippen LogP contribution in [0.25, 0.3) is 0 Å². The highest BCUT2D eigenvalue weighted by molar-refractivity contribution is 7.89. The molecule has 1 fully saturated rings. The second-order valence-electron chi connectivity index (χ2n) is 7.24.